The minimum atomic E-state index is -0.938. The number of likely N-dealkylation sites (tertiary alicyclic amines) is 1. The summed E-state index contributed by atoms with van der Waals surface area (Å²) in [4.78, 5) is 2.26. The van der Waals surface area contributed by atoms with Crippen LogP contribution in [0.5, 0.6) is 0 Å². The molecule has 2 unspecified atom stereocenters. The van der Waals surface area contributed by atoms with Gasteiger partial charge in [0.15, 0.2) is 11.6 Å². The Hall–Kier alpha value is -1.08. The lowest BCUT2D eigenvalue weighted by Crippen LogP contribution is -2.40. The average molecular weight is 328 g/mol. The molecule has 0 saturated carbocycles. The number of nitrogens with one attached hydrogen (secondary N) is 1. The minimum Gasteiger partial charge on any atom is -0.392 e. The Morgan fingerprint density at radius 2 is 1.91 bits per heavy atom. The second kappa shape index (κ2) is 8.68. The molecule has 3 N–H and O–H groups in total. The standard InChI is InChI=1S/C17H26F2N2O2/c1-12(22)11-21-6-4-13(5-7-21)9-20-10-17(23)14-2-3-15(18)16(19)8-14/h2-3,8,12-13,17,20,22-23H,4-7,9-11H2,1H3. The second-order valence-corrected chi connectivity index (χ2v) is 6.44. The Labute approximate surface area is 136 Å². The molecular formula is C17H26F2N2O2. The fourth-order valence-corrected chi connectivity index (χ4v) is 3.01. The summed E-state index contributed by atoms with van der Waals surface area (Å²) in [6.07, 6.45) is 0.971. The van der Waals surface area contributed by atoms with Crippen molar-refractivity contribution in [2.45, 2.75) is 32.0 Å². The molecule has 130 valence electrons. The number of β-amino-alcohol motifs (C(OH)–C–C–N with tert-alkyl or cyclic N) is 1. The van der Waals surface area contributed by atoms with Gasteiger partial charge in [-0.2, -0.15) is 0 Å². The first-order chi connectivity index (χ1) is 11.0. The Kier molecular flexibility index (Phi) is 6.89. The number of hydrogen-bond acceptors (Lipinski definition) is 4. The molecule has 4 nitrogen and oxygen atoms in total. The molecular weight excluding hydrogens is 302 g/mol. The largest absolute Gasteiger partial charge is 0.392 e. The molecule has 0 spiro atoms. The van der Waals surface area contributed by atoms with Gasteiger partial charge in [0, 0.05) is 13.1 Å². The summed E-state index contributed by atoms with van der Waals surface area (Å²) < 4.78 is 26.0. The number of piperidine rings is 1. The maximum absolute atomic E-state index is 13.2. The zero-order valence-electron chi connectivity index (χ0n) is 13.5. The van der Waals surface area contributed by atoms with Crippen molar-refractivity contribution in [2.75, 3.05) is 32.7 Å². The highest BCUT2D eigenvalue weighted by molar-refractivity contribution is 5.20. The molecule has 23 heavy (non-hydrogen) atoms. The van der Waals surface area contributed by atoms with Crippen LogP contribution in [0.3, 0.4) is 0 Å². The third-order valence-corrected chi connectivity index (χ3v) is 4.33. The van der Waals surface area contributed by atoms with Crippen LogP contribution in [0.1, 0.15) is 31.4 Å². The SMILES string of the molecule is CC(O)CN1CCC(CNCC(O)c2ccc(F)c(F)c2)CC1. The van der Waals surface area contributed by atoms with E-state index in [1.54, 1.807) is 6.92 Å². The quantitative estimate of drug-likeness (QED) is 0.713. The molecule has 0 aliphatic carbocycles. The number of aliphatic hydroxyl groups excluding tert-OH is 2. The van der Waals surface area contributed by atoms with Gasteiger partial charge in [0.05, 0.1) is 12.2 Å². The summed E-state index contributed by atoms with van der Waals surface area (Å²) in [5.74, 6) is -1.30. The molecule has 0 aromatic heterocycles. The summed E-state index contributed by atoms with van der Waals surface area (Å²) >= 11 is 0. The van der Waals surface area contributed by atoms with Crippen LogP contribution in [0.15, 0.2) is 18.2 Å². The smallest absolute Gasteiger partial charge is 0.159 e. The van der Waals surface area contributed by atoms with Crippen molar-refractivity contribution in [1.82, 2.24) is 10.2 Å². The number of aliphatic hydroxyl groups is 2. The minimum absolute atomic E-state index is 0.295. The third kappa shape index (κ3) is 5.80. The fraction of sp³-hybridized carbons (Fsp3) is 0.647. The first kappa shape index (κ1) is 18.3. The molecule has 6 heteroatoms. The predicted octanol–water partition coefficient (Wildman–Crippen LogP) is 1.68. The zero-order valence-corrected chi connectivity index (χ0v) is 13.5. The molecule has 2 atom stereocenters. The van der Waals surface area contributed by atoms with E-state index < -0.39 is 17.7 Å². The number of hydrogen-bond donors (Lipinski definition) is 3. The van der Waals surface area contributed by atoms with Crippen LogP contribution < -0.4 is 5.32 Å². The van der Waals surface area contributed by atoms with Crippen molar-refractivity contribution in [3.05, 3.63) is 35.4 Å². The maximum Gasteiger partial charge on any atom is 0.159 e. The Morgan fingerprint density at radius 3 is 2.52 bits per heavy atom. The van der Waals surface area contributed by atoms with Crippen LogP contribution in [0, 0.1) is 17.6 Å². The lowest BCUT2D eigenvalue weighted by molar-refractivity contribution is 0.0984. The van der Waals surface area contributed by atoms with Gasteiger partial charge in [-0.1, -0.05) is 6.07 Å². The van der Waals surface area contributed by atoms with Gasteiger partial charge in [-0.15, -0.1) is 0 Å². The van der Waals surface area contributed by atoms with E-state index in [0.29, 0.717) is 18.0 Å². The van der Waals surface area contributed by atoms with Gasteiger partial charge in [-0.05, 0) is 63.0 Å². The van der Waals surface area contributed by atoms with Gasteiger partial charge in [-0.3, -0.25) is 0 Å². The Bertz CT molecular complexity index is 491. The van der Waals surface area contributed by atoms with Crippen molar-refractivity contribution >= 4 is 0 Å². The monoisotopic (exact) mass is 328 g/mol. The highest BCUT2D eigenvalue weighted by atomic mass is 19.2. The topological polar surface area (TPSA) is 55.7 Å². The lowest BCUT2D eigenvalue weighted by Gasteiger charge is -2.32. The van der Waals surface area contributed by atoms with Gasteiger partial charge in [-0.25, -0.2) is 8.78 Å². The van der Waals surface area contributed by atoms with Gasteiger partial charge >= 0.3 is 0 Å². The van der Waals surface area contributed by atoms with E-state index in [1.165, 1.54) is 6.07 Å². The summed E-state index contributed by atoms with van der Waals surface area (Å²) in [6, 6.07) is 3.47. The molecule has 0 bridgehead atoms. The van der Waals surface area contributed by atoms with Crippen molar-refractivity contribution in [2.24, 2.45) is 5.92 Å². The van der Waals surface area contributed by atoms with E-state index in [0.717, 1.165) is 51.2 Å². The zero-order chi connectivity index (χ0) is 16.8. The highest BCUT2D eigenvalue weighted by Crippen LogP contribution is 2.18. The summed E-state index contributed by atoms with van der Waals surface area (Å²) in [6.45, 7) is 5.58. The third-order valence-electron chi connectivity index (χ3n) is 4.33. The maximum atomic E-state index is 13.2. The summed E-state index contributed by atoms with van der Waals surface area (Å²) in [5.41, 5.74) is 0.378. The van der Waals surface area contributed by atoms with E-state index >= 15 is 0 Å². The van der Waals surface area contributed by atoms with Crippen LogP contribution in [-0.4, -0.2) is 53.9 Å². The van der Waals surface area contributed by atoms with E-state index in [2.05, 4.69) is 10.2 Å². The van der Waals surface area contributed by atoms with Gasteiger partial charge in [0.25, 0.3) is 0 Å². The van der Waals surface area contributed by atoms with E-state index in [9.17, 15) is 19.0 Å². The molecule has 1 aliphatic rings. The normalized spacial score (nSPS) is 19.7. The number of nitrogens with zero attached hydrogens (tertiary/aromatic N) is 1. The first-order valence-corrected chi connectivity index (χ1v) is 8.20. The van der Waals surface area contributed by atoms with Crippen LogP contribution in [0.25, 0.3) is 0 Å². The van der Waals surface area contributed by atoms with Crippen molar-refractivity contribution in [1.29, 1.82) is 0 Å². The average Bonchev–Trinajstić information content (AvgIpc) is 2.51. The fourth-order valence-electron chi connectivity index (χ4n) is 3.01. The van der Waals surface area contributed by atoms with Gasteiger partial charge in [0.1, 0.15) is 0 Å². The second-order valence-electron chi connectivity index (χ2n) is 6.44. The number of benzene rings is 1. The van der Waals surface area contributed by atoms with Crippen LogP contribution in [0.4, 0.5) is 8.78 Å². The molecule has 1 fully saturated rings. The van der Waals surface area contributed by atoms with Crippen LogP contribution in [-0.2, 0) is 0 Å². The molecule has 2 rings (SSSR count). The Balaban J connectivity index is 1.68. The molecule has 0 amide bonds. The molecule has 1 aromatic rings. The van der Waals surface area contributed by atoms with E-state index in [4.69, 9.17) is 0 Å². The first-order valence-electron chi connectivity index (χ1n) is 8.20. The van der Waals surface area contributed by atoms with Gasteiger partial charge < -0.3 is 20.4 Å². The van der Waals surface area contributed by atoms with E-state index in [1.807, 2.05) is 0 Å². The number of halogens is 2. The van der Waals surface area contributed by atoms with Gasteiger partial charge in [0.2, 0.25) is 0 Å². The molecule has 1 aromatic carbocycles. The molecule has 1 heterocycles. The predicted molar refractivity (Wildman–Crippen MR) is 85.0 cm³/mol. The van der Waals surface area contributed by atoms with Crippen molar-refractivity contribution < 1.29 is 19.0 Å². The summed E-state index contributed by atoms with van der Waals surface area (Å²) in [7, 11) is 0. The molecule has 0 radical (unpaired) electrons. The molecule has 1 aliphatic heterocycles. The highest BCUT2D eigenvalue weighted by Gasteiger charge is 2.20. The Morgan fingerprint density at radius 1 is 1.22 bits per heavy atom. The molecule has 1 saturated heterocycles. The van der Waals surface area contributed by atoms with E-state index in [-0.39, 0.29) is 6.10 Å². The van der Waals surface area contributed by atoms with Crippen LogP contribution >= 0.6 is 0 Å². The summed E-state index contributed by atoms with van der Waals surface area (Å²) in [5, 5.41) is 22.6. The van der Waals surface area contributed by atoms with Crippen LogP contribution in [0.2, 0.25) is 0 Å². The van der Waals surface area contributed by atoms with Crippen molar-refractivity contribution in [3.8, 4) is 0 Å². The van der Waals surface area contributed by atoms with Crippen molar-refractivity contribution in [3.63, 3.8) is 0 Å². The number of rotatable bonds is 7. The lowest BCUT2D eigenvalue weighted by atomic mass is 9.96.